The van der Waals surface area contributed by atoms with E-state index in [1.165, 1.54) is 5.56 Å². The summed E-state index contributed by atoms with van der Waals surface area (Å²) in [5, 5.41) is 5.54. The first-order chi connectivity index (χ1) is 13.4. The molecule has 0 fully saturated rings. The van der Waals surface area contributed by atoms with Gasteiger partial charge in [0.05, 0.1) is 6.61 Å². The zero-order valence-corrected chi connectivity index (χ0v) is 16.8. The number of amides is 2. The second-order valence-electron chi connectivity index (χ2n) is 7.57. The van der Waals surface area contributed by atoms with Crippen LogP contribution < -0.4 is 15.4 Å². The van der Waals surface area contributed by atoms with Crippen LogP contribution in [0.2, 0.25) is 0 Å². The van der Waals surface area contributed by atoms with E-state index in [0.29, 0.717) is 38.1 Å². The summed E-state index contributed by atoms with van der Waals surface area (Å²) in [4.78, 5) is 27.5. The Bertz CT molecular complexity index is 753. The summed E-state index contributed by atoms with van der Waals surface area (Å²) >= 11 is 0. The fourth-order valence-corrected chi connectivity index (χ4v) is 2.55. The zero-order valence-electron chi connectivity index (χ0n) is 16.8. The molecule has 6 heteroatoms. The van der Waals surface area contributed by atoms with E-state index in [4.69, 9.17) is 4.74 Å². The maximum absolute atomic E-state index is 11.8. The van der Waals surface area contributed by atoms with Crippen LogP contribution in [0, 0.1) is 0 Å². The summed E-state index contributed by atoms with van der Waals surface area (Å²) in [6.07, 6.45) is 4.16. The van der Waals surface area contributed by atoms with Crippen molar-refractivity contribution < 1.29 is 14.3 Å². The fraction of sp³-hybridized carbons (Fsp3) is 0.409. The molecule has 0 bridgehead atoms. The summed E-state index contributed by atoms with van der Waals surface area (Å²) in [5.41, 5.74) is 1.93. The highest BCUT2D eigenvalue weighted by molar-refractivity contribution is 5.93. The van der Waals surface area contributed by atoms with Crippen LogP contribution in [-0.2, 0) is 10.2 Å². The number of ether oxygens (including phenoxy) is 1. The molecule has 2 rings (SSSR count). The third-order valence-electron chi connectivity index (χ3n) is 4.21. The van der Waals surface area contributed by atoms with Crippen LogP contribution in [0.5, 0.6) is 5.75 Å². The van der Waals surface area contributed by atoms with Gasteiger partial charge in [-0.25, -0.2) is 0 Å². The molecular formula is C22H29N3O3. The lowest BCUT2D eigenvalue weighted by molar-refractivity contribution is -0.121. The number of aromatic nitrogens is 1. The van der Waals surface area contributed by atoms with Gasteiger partial charge in [0.25, 0.3) is 5.91 Å². The van der Waals surface area contributed by atoms with Crippen molar-refractivity contribution in [2.24, 2.45) is 0 Å². The molecule has 1 aromatic carbocycles. The SMILES string of the molecule is CC(C)(C)c1ccc(OCCCC(=O)NCCNC(=O)c2ccncc2)cc1. The molecule has 28 heavy (non-hydrogen) atoms. The molecule has 0 aliphatic rings. The number of carbonyl (C=O) groups excluding carboxylic acids is 2. The highest BCUT2D eigenvalue weighted by Gasteiger charge is 2.13. The maximum Gasteiger partial charge on any atom is 0.251 e. The molecule has 0 unspecified atom stereocenters. The number of nitrogens with one attached hydrogen (secondary N) is 2. The van der Waals surface area contributed by atoms with Crippen molar-refractivity contribution >= 4 is 11.8 Å². The summed E-state index contributed by atoms with van der Waals surface area (Å²) in [6.45, 7) is 7.78. The summed E-state index contributed by atoms with van der Waals surface area (Å²) in [6, 6.07) is 11.4. The highest BCUT2D eigenvalue weighted by Crippen LogP contribution is 2.24. The lowest BCUT2D eigenvalue weighted by atomic mass is 9.87. The van der Waals surface area contributed by atoms with Gasteiger partial charge in [-0.05, 0) is 41.7 Å². The standard InChI is InChI=1S/C22H29N3O3/c1-22(2,3)18-6-8-19(9-7-18)28-16-4-5-20(26)24-14-15-25-21(27)17-10-12-23-13-11-17/h6-13H,4-5,14-16H2,1-3H3,(H,24,26)(H,25,27). The van der Waals surface area contributed by atoms with Crippen LogP contribution in [0.15, 0.2) is 48.8 Å². The summed E-state index contributed by atoms with van der Waals surface area (Å²) in [5.74, 6) is 0.583. The third kappa shape index (κ3) is 7.39. The Morgan fingerprint density at radius 2 is 1.61 bits per heavy atom. The minimum Gasteiger partial charge on any atom is -0.494 e. The van der Waals surface area contributed by atoms with Gasteiger partial charge in [0, 0.05) is 37.5 Å². The van der Waals surface area contributed by atoms with Gasteiger partial charge >= 0.3 is 0 Å². The van der Waals surface area contributed by atoms with E-state index in [1.807, 2.05) is 12.1 Å². The normalized spacial score (nSPS) is 11.0. The first kappa shape index (κ1) is 21.4. The van der Waals surface area contributed by atoms with Gasteiger partial charge in [0.1, 0.15) is 5.75 Å². The highest BCUT2D eigenvalue weighted by atomic mass is 16.5. The lowest BCUT2D eigenvalue weighted by Gasteiger charge is -2.19. The molecule has 2 aromatic rings. The Balaban J connectivity index is 1.56. The van der Waals surface area contributed by atoms with Crippen molar-refractivity contribution in [2.75, 3.05) is 19.7 Å². The Kier molecular flexibility index (Phi) is 7.99. The van der Waals surface area contributed by atoms with Crippen LogP contribution in [0.1, 0.15) is 49.5 Å². The Morgan fingerprint density at radius 3 is 2.25 bits per heavy atom. The molecular weight excluding hydrogens is 354 g/mol. The number of hydrogen-bond acceptors (Lipinski definition) is 4. The zero-order chi connectivity index (χ0) is 20.4. The number of benzene rings is 1. The van der Waals surface area contributed by atoms with Crippen molar-refractivity contribution in [3.05, 3.63) is 59.9 Å². The molecule has 150 valence electrons. The Hall–Kier alpha value is -2.89. The quantitative estimate of drug-likeness (QED) is 0.652. The molecule has 0 radical (unpaired) electrons. The van der Waals surface area contributed by atoms with Crippen molar-refractivity contribution in [3.63, 3.8) is 0 Å². The lowest BCUT2D eigenvalue weighted by Crippen LogP contribution is -2.34. The maximum atomic E-state index is 11.8. The van der Waals surface area contributed by atoms with Gasteiger partial charge in [-0.2, -0.15) is 0 Å². The molecule has 0 saturated heterocycles. The summed E-state index contributed by atoms with van der Waals surface area (Å²) < 4.78 is 5.69. The molecule has 0 aliphatic heterocycles. The minimum atomic E-state index is -0.178. The largest absolute Gasteiger partial charge is 0.494 e. The second kappa shape index (κ2) is 10.4. The van der Waals surface area contributed by atoms with Crippen molar-refractivity contribution in [1.29, 1.82) is 0 Å². The number of carbonyl (C=O) groups is 2. The number of rotatable bonds is 9. The molecule has 0 aliphatic carbocycles. The van der Waals surface area contributed by atoms with E-state index < -0.39 is 0 Å². The Labute approximate surface area is 166 Å². The first-order valence-electron chi connectivity index (χ1n) is 9.54. The van der Waals surface area contributed by atoms with Crippen LogP contribution in [0.3, 0.4) is 0 Å². The van der Waals surface area contributed by atoms with Crippen LogP contribution in [0.4, 0.5) is 0 Å². The second-order valence-corrected chi connectivity index (χ2v) is 7.57. The van der Waals surface area contributed by atoms with E-state index in [-0.39, 0.29) is 17.2 Å². The third-order valence-corrected chi connectivity index (χ3v) is 4.21. The van der Waals surface area contributed by atoms with Crippen molar-refractivity contribution in [1.82, 2.24) is 15.6 Å². The van der Waals surface area contributed by atoms with E-state index in [9.17, 15) is 9.59 Å². The molecule has 0 saturated carbocycles. The average Bonchev–Trinajstić information content (AvgIpc) is 2.69. The van der Waals surface area contributed by atoms with Gasteiger partial charge in [-0.1, -0.05) is 32.9 Å². The van der Waals surface area contributed by atoms with Gasteiger partial charge in [-0.15, -0.1) is 0 Å². The molecule has 2 N–H and O–H groups in total. The number of pyridine rings is 1. The van der Waals surface area contributed by atoms with Crippen LogP contribution >= 0.6 is 0 Å². The predicted molar refractivity (Wildman–Crippen MR) is 109 cm³/mol. The monoisotopic (exact) mass is 383 g/mol. The molecule has 0 spiro atoms. The van der Waals surface area contributed by atoms with Gasteiger partial charge < -0.3 is 15.4 Å². The molecule has 6 nitrogen and oxygen atoms in total. The van der Waals surface area contributed by atoms with Crippen LogP contribution in [0.25, 0.3) is 0 Å². The molecule has 1 heterocycles. The van der Waals surface area contributed by atoms with E-state index in [0.717, 1.165) is 5.75 Å². The smallest absolute Gasteiger partial charge is 0.251 e. The Morgan fingerprint density at radius 1 is 0.964 bits per heavy atom. The predicted octanol–water partition coefficient (Wildman–Crippen LogP) is 3.08. The summed E-state index contributed by atoms with van der Waals surface area (Å²) in [7, 11) is 0. The van der Waals surface area contributed by atoms with Gasteiger partial charge in [0.2, 0.25) is 5.91 Å². The van der Waals surface area contributed by atoms with Crippen molar-refractivity contribution in [3.8, 4) is 5.75 Å². The molecule has 0 atom stereocenters. The topological polar surface area (TPSA) is 80.3 Å². The first-order valence-corrected chi connectivity index (χ1v) is 9.54. The fourth-order valence-electron chi connectivity index (χ4n) is 2.55. The molecule has 2 amide bonds. The van der Waals surface area contributed by atoms with E-state index in [2.05, 4.69) is 48.5 Å². The minimum absolute atomic E-state index is 0.0511. The average molecular weight is 383 g/mol. The molecule has 1 aromatic heterocycles. The number of hydrogen-bond donors (Lipinski definition) is 2. The van der Waals surface area contributed by atoms with Crippen LogP contribution in [-0.4, -0.2) is 36.5 Å². The van der Waals surface area contributed by atoms with Gasteiger partial charge in [0.15, 0.2) is 0 Å². The van der Waals surface area contributed by atoms with E-state index >= 15 is 0 Å². The van der Waals surface area contributed by atoms with Crippen molar-refractivity contribution in [2.45, 2.75) is 39.0 Å². The van der Waals surface area contributed by atoms with Gasteiger partial charge in [-0.3, -0.25) is 14.6 Å². The van der Waals surface area contributed by atoms with E-state index in [1.54, 1.807) is 24.5 Å². The number of nitrogens with zero attached hydrogens (tertiary/aromatic N) is 1.